The molecular weight excluding hydrogens is 284 g/mol. The third kappa shape index (κ3) is 3.71. The second-order valence-electron chi connectivity index (χ2n) is 5.11. The molecule has 0 aliphatic rings. The smallest absolute Gasteiger partial charge is 0.377 e. The summed E-state index contributed by atoms with van der Waals surface area (Å²) in [6, 6.07) is 0. The molecule has 2 N–H and O–H groups in total. The van der Waals surface area contributed by atoms with E-state index in [4.69, 9.17) is 9.78 Å². The van der Waals surface area contributed by atoms with Crippen LogP contribution in [0.2, 0.25) is 0 Å². The molecule has 0 saturated carbocycles. The number of phenolic OH excluding ortho intramolecular Hbond substituents is 2. The zero-order valence-corrected chi connectivity index (χ0v) is 13.9. The van der Waals surface area contributed by atoms with Crippen molar-refractivity contribution in [2.45, 2.75) is 59.8 Å². The van der Waals surface area contributed by atoms with Gasteiger partial charge in [-0.1, -0.05) is 34.1 Å². The van der Waals surface area contributed by atoms with Crippen LogP contribution in [0.15, 0.2) is 0 Å². The Balaban J connectivity index is 3.23. The molecule has 0 heterocycles. The molecule has 0 fully saturated rings. The van der Waals surface area contributed by atoms with E-state index in [2.05, 4.69) is 0 Å². The van der Waals surface area contributed by atoms with Gasteiger partial charge in [-0.25, -0.2) is 4.79 Å². The maximum atomic E-state index is 12.2. The Morgan fingerprint density at radius 1 is 0.909 bits per heavy atom. The van der Waals surface area contributed by atoms with Gasteiger partial charge in [0.25, 0.3) is 0 Å². The monoisotopic (exact) mass is 310 g/mol. The van der Waals surface area contributed by atoms with E-state index >= 15 is 0 Å². The molecule has 0 spiro atoms. The highest BCUT2D eigenvalue weighted by Gasteiger charge is 2.26. The number of hydrogen-bond acceptors (Lipinski definition) is 5. The van der Waals surface area contributed by atoms with E-state index in [-0.39, 0.29) is 11.3 Å². The molecule has 0 aliphatic heterocycles. The maximum absolute atomic E-state index is 12.2. The van der Waals surface area contributed by atoms with Gasteiger partial charge in [0.2, 0.25) is 0 Å². The van der Waals surface area contributed by atoms with Crippen LogP contribution in [-0.2, 0) is 29.0 Å². The number of benzene rings is 1. The minimum atomic E-state index is -0.766. The second-order valence-corrected chi connectivity index (χ2v) is 5.11. The Morgan fingerprint density at radius 3 is 2.00 bits per heavy atom. The second kappa shape index (κ2) is 8.63. The van der Waals surface area contributed by atoms with Crippen molar-refractivity contribution in [1.82, 2.24) is 0 Å². The summed E-state index contributed by atoms with van der Waals surface area (Å²) in [5, 5.41) is 20.4. The van der Waals surface area contributed by atoms with Crippen molar-refractivity contribution >= 4 is 5.97 Å². The van der Waals surface area contributed by atoms with E-state index in [0.717, 1.165) is 18.4 Å². The van der Waals surface area contributed by atoms with E-state index in [9.17, 15) is 15.0 Å². The van der Waals surface area contributed by atoms with Crippen molar-refractivity contribution in [3.63, 3.8) is 0 Å². The molecule has 0 unspecified atom stereocenters. The number of carbonyl (C=O) groups is 1. The highest BCUT2D eigenvalue weighted by molar-refractivity contribution is 5.95. The normalized spacial score (nSPS) is 10.7. The first kappa shape index (κ1) is 18.3. The van der Waals surface area contributed by atoms with Crippen molar-refractivity contribution < 1.29 is 24.8 Å². The first-order valence-electron chi connectivity index (χ1n) is 7.95. The van der Waals surface area contributed by atoms with Crippen molar-refractivity contribution in [2.75, 3.05) is 6.61 Å². The molecule has 0 radical (unpaired) electrons. The number of phenols is 2. The molecule has 5 heteroatoms. The highest BCUT2D eigenvalue weighted by atomic mass is 17.2. The van der Waals surface area contributed by atoms with Gasteiger partial charge >= 0.3 is 5.97 Å². The number of unbranched alkanes of at least 4 members (excludes halogenated alkanes) is 1. The standard InChI is InChI=1S/C17H26O5/c1-5-9-10-21-22-17(20)14-12(7-3)11(6-2)13(8-4)15(18)16(14)19/h18-19H,5-10H2,1-4H3. The van der Waals surface area contributed by atoms with Crippen LogP contribution in [0.5, 0.6) is 11.5 Å². The van der Waals surface area contributed by atoms with Gasteiger partial charge in [0.05, 0.1) is 6.61 Å². The molecule has 5 nitrogen and oxygen atoms in total. The van der Waals surface area contributed by atoms with Crippen molar-refractivity contribution in [1.29, 1.82) is 0 Å². The number of hydrogen-bond donors (Lipinski definition) is 2. The Hall–Kier alpha value is -1.75. The van der Waals surface area contributed by atoms with E-state index < -0.39 is 11.7 Å². The third-order valence-electron chi connectivity index (χ3n) is 3.76. The number of carbonyl (C=O) groups excluding carboxylic acids is 1. The molecule has 0 amide bonds. The van der Waals surface area contributed by atoms with Crippen LogP contribution < -0.4 is 0 Å². The molecule has 0 aliphatic carbocycles. The molecular formula is C17H26O5. The fourth-order valence-corrected chi connectivity index (χ4v) is 2.64. The first-order chi connectivity index (χ1) is 10.5. The number of rotatable bonds is 8. The van der Waals surface area contributed by atoms with Crippen molar-refractivity contribution in [3.05, 3.63) is 22.3 Å². The lowest BCUT2D eigenvalue weighted by atomic mass is 9.89. The van der Waals surface area contributed by atoms with Gasteiger partial charge in [-0.3, -0.25) is 4.89 Å². The zero-order chi connectivity index (χ0) is 16.7. The quantitative estimate of drug-likeness (QED) is 0.331. The minimum Gasteiger partial charge on any atom is -0.504 e. The third-order valence-corrected chi connectivity index (χ3v) is 3.76. The summed E-state index contributed by atoms with van der Waals surface area (Å²) in [5.74, 6) is -1.43. The van der Waals surface area contributed by atoms with Crippen molar-refractivity contribution in [3.8, 4) is 11.5 Å². The summed E-state index contributed by atoms with van der Waals surface area (Å²) in [4.78, 5) is 21.9. The van der Waals surface area contributed by atoms with E-state index in [1.165, 1.54) is 0 Å². The summed E-state index contributed by atoms with van der Waals surface area (Å²) in [7, 11) is 0. The largest absolute Gasteiger partial charge is 0.504 e. The van der Waals surface area contributed by atoms with Crippen molar-refractivity contribution in [2.24, 2.45) is 0 Å². The summed E-state index contributed by atoms with van der Waals surface area (Å²) in [6.07, 6.45) is 3.51. The Labute approximate surface area is 131 Å². The average Bonchev–Trinajstić information content (AvgIpc) is 2.52. The van der Waals surface area contributed by atoms with Gasteiger partial charge < -0.3 is 10.2 Å². The van der Waals surface area contributed by atoms with Gasteiger partial charge in [-0.2, -0.15) is 4.89 Å². The fourth-order valence-electron chi connectivity index (χ4n) is 2.64. The van der Waals surface area contributed by atoms with Gasteiger partial charge in [0.1, 0.15) is 5.56 Å². The van der Waals surface area contributed by atoms with Crippen LogP contribution in [0.25, 0.3) is 0 Å². The van der Waals surface area contributed by atoms with Crippen LogP contribution in [0.1, 0.15) is 67.6 Å². The molecule has 1 aromatic rings. The van der Waals surface area contributed by atoms with E-state index in [1.54, 1.807) is 0 Å². The van der Waals surface area contributed by atoms with Crippen LogP contribution in [-0.4, -0.2) is 22.8 Å². The summed E-state index contributed by atoms with van der Waals surface area (Å²) >= 11 is 0. The lowest BCUT2D eigenvalue weighted by Crippen LogP contribution is -2.13. The Morgan fingerprint density at radius 2 is 1.50 bits per heavy atom. The Bertz CT molecular complexity index is 523. The molecule has 1 rings (SSSR count). The molecule has 0 atom stereocenters. The van der Waals surface area contributed by atoms with E-state index in [1.807, 2.05) is 27.7 Å². The van der Waals surface area contributed by atoms with Crippen LogP contribution in [0.3, 0.4) is 0 Å². The minimum absolute atomic E-state index is 0.00514. The van der Waals surface area contributed by atoms with Gasteiger partial charge in [0.15, 0.2) is 11.5 Å². The molecule has 0 saturated heterocycles. The van der Waals surface area contributed by atoms with E-state index in [0.29, 0.717) is 37.0 Å². The Kier molecular flexibility index (Phi) is 7.18. The molecule has 22 heavy (non-hydrogen) atoms. The highest BCUT2D eigenvalue weighted by Crippen LogP contribution is 2.40. The molecule has 124 valence electrons. The lowest BCUT2D eigenvalue weighted by molar-refractivity contribution is -0.241. The van der Waals surface area contributed by atoms with Crippen LogP contribution in [0.4, 0.5) is 0 Å². The molecule has 0 aromatic heterocycles. The first-order valence-corrected chi connectivity index (χ1v) is 7.95. The SMILES string of the molecule is CCCCOOC(=O)c1c(O)c(O)c(CC)c(CC)c1CC. The van der Waals surface area contributed by atoms with Gasteiger partial charge in [-0.05, 0) is 36.8 Å². The summed E-state index contributed by atoms with van der Waals surface area (Å²) in [6.45, 7) is 8.07. The van der Waals surface area contributed by atoms with Crippen LogP contribution in [0, 0.1) is 0 Å². The molecule has 1 aromatic carbocycles. The predicted octanol–water partition coefficient (Wildman–Crippen LogP) is 3.67. The van der Waals surface area contributed by atoms with Gasteiger partial charge in [-0.15, -0.1) is 0 Å². The zero-order valence-electron chi connectivity index (χ0n) is 13.9. The number of aromatic hydroxyl groups is 2. The topological polar surface area (TPSA) is 76.0 Å². The fraction of sp³-hybridized carbons (Fsp3) is 0.588. The summed E-state index contributed by atoms with van der Waals surface area (Å²) in [5.41, 5.74) is 2.28. The van der Waals surface area contributed by atoms with Gasteiger partial charge in [0, 0.05) is 5.56 Å². The predicted molar refractivity (Wildman–Crippen MR) is 84.2 cm³/mol. The lowest BCUT2D eigenvalue weighted by Gasteiger charge is -2.18. The summed E-state index contributed by atoms with van der Waals surface area (Å²) < 4.78 is 0. The van der Waals surface area contributed by atoms with Crippen LogP contribution >= 0.6 is 0 Å². The maximum Gasteiger partial charge on any atom is 0.377 e. The average molecular weight is 310 g/mol. The molecule has 0 bridgehead atoms.